The van der Waals surface area contributed by atoms with Crippen molar-refractivity contribution >= 4 is 16.9 Å². The molecule has 0 bridgehead atoms. The molecule has 154 valence electrons. The summed E-state index contributed by atoms with van der Waals surface area (Å²) < 4.78 is 47.8. The summed E-state index contributed by atoms with van der Waals surface area (Å²) in [6.45, 7) is 5.60. The minimum absolute atomic E-state index is 0.0106. The summed E-state index contributed by atoms with van der Waals surface area (Å²) in [6, 6.07) is 15.1. The van der Waals surface area contributed by atoms with E-state index in [4.69, 9.17) is 4.74 Å². The molecule has 3 rings (SSSR count). The van der Waals surface area contributed by atoms with Gasteiger partial charge in [-0.3, -0.25) is 4.79 Å². The average Bonchev–Trinajstić information content (AvgIpc) is 3.08. The molecule has 6 heteroatoms. The molecule has 0 fully saturated rings. The summed E-state index contributed by atoms with van der Waals surface area (Å²) in [5, 5.41) is 0.662. The number of para-hydroxylation sites is 1. The molecule has 1 unspecified atom stereocenters. The van der Waals surface area contributed by atoms with Gasteiger partial charge < -0.3 is 9.72 Å². The molecular formula is C23H24F3NO2. The Balaban J connectivity index is 2.13. The van der Waals surface area contributed by atoms with Gasteiger partial charge in [0.15, 0.2) is 0 Å². The van der Waals surface area contributed by atoms with E-state index in [1.54, 1.807) is 55.5 Å². The third kappa shape index (κ3) is 4.47. The molecule has 0 saturated heterocycles. The van der Waals surface area contributed by atoms with Gasteiger partial charge in [0.25, 0.3) is 0 Å². The second-order valence-electron chi connectivity index (χ2n) is 7.38. The standard InChI is InChI=1S/C23H24F3NO2/c1-4-29-22(28)20(16-11-9-15(10-12-16)14(2)3)21(23(24,25)26)19-13-17-7-5-6-8-18(17)27-19/h5-14,20-21,27H,4H2,1-3H3/t20?,21-/m0/s1. The van der Waals surface area contributed by atoms with Gasteiger partial charge in [-0.15, -0.1) is 0 Å². The Morgan fingerprint density at radius 3 is 2.21 bits per heavy atom. The Labute approximate surface area is 167 Å². The molecule has 0 saturated carbocycles. The maximum absolute atomic E-state index is 14.3. The van der Waals surface area contributed by atoms with Crippen molar-refractivity contribution in [3.05, 3.63) is 71.4 Å². The summed E-state index contributed by atoms with van der Waals surface area (Å²) in [7, 11) is 0. The minimum Gasteiger partial charge on any atom is -0.465 e. The molecule has 1 aromatic heterocycles. The monoisotopic (exact) mass is 403 g/mol. The zero-order chi connectivity index (χ0) is 21.2. The first kappa shape index (κ1) is 21.0. The summed E-state index contributed by atoms with van der Waals surface area (Å²) in [6.07, 6.45) is -4.64. The number of carbonyl (C=O) groups excluding carboxylic acids is 1. The highest BCUT2D eigenvalue weighted by Gasteiger charge is 2.50. The molecule has 0 aliphatic heterocycles. The maximum Gasteiger partial charge on any atom is 0.398 e. The van der Waals surface area contributed by atoms with Gasteiger partial charge in [0.2, 0.25) is 0 Å². The zero-order valence-corrected chi connectivity index (χ0v) is 16.6. The highest BCUT2D eigenvalue weighted by molar-refractivity contribution is 5.83. The SMILES string of the molecule is CCOC(=O)C(c1ccc(C(C)C)cc1)[C@H](c1cc2ccccc2[nH]1)C(F)(F)F. The molecule has 3 nitrogen and oxygen atoms in total. The van der Waals surface area contributed by atoms with Crippen molar-refractivity contribution in [2.24, 2.45) is 0 Å². The van der Waals surface area contributed by atoms with E-state index >= 15 is 0 Å². The topological polar surface area (TPSA) is 42.1 Å². The number of alkyl halides is 3. The van der Waals surface area contributed by atoms with E-state index in [1.165, 1.54) is 6.07 Å². The van der Waals surface area contributed by atoms with E-state index < -0.39 is 24.0 Å². The van der Waals surface area contributed by atoms with Crippen molar-refractivity contribution in [2.45, 2.75) is 44.7 Å². The van der Waals surface area contributed by atoms with E-state index in [0.29, 0.717) is 10.9 Å². The molecule has 29 heavy (non-hydrogen) atoms. The molecule has 2 atom stereocenters. The number of benzene rings is 2. The van der Waals surface area contributed by atoms with Crippen LogP contribution >= 0.6 is 0 Å². The number of hydrogen-bond donors (Lipinski definition) is 1. The smallest absolute Gasteiger partial charge is 0.398 e. The Kier molecular flexibility index (Phi) is 6.01. The zero-order valence-electron chi connectivity index (χ0n) is 16.6. The lowest BCUT2D eigenvalue weighted by Crippen LogP contribution is -2.33. The third-order valence-electron chi connectivity index (χ3n) is 5.07. The van der Waals surface area contributed by atoms with Crippen molar-refractivity contribution in [2.75, 3.05) is 6.61 Å². The van der Waals surface area contributed by atoms with Crippen LogP contribution in [-0.4, -0.2) is 23.7 Å². The van der Waals surface area contributed by atoms with Crippen LogP contribution in [0.2, 0.25) is 0 Å². The number of nitrogens with one attached hydrogen (secondary N) is 1. The third-order valence-corrected chi connectivity index (χ3v) is 5.07. The van der Waals surface area contributed by atoms with Crippen molar-refractivity contribution < 1.29 is 22.7 Å². The number of aromatic amines is 1. The van der Waals surface area contributed by atoms with Crippen LogP contribution in [-0.2, 0) is 9.53 Å². The van der Waals surface area contributed by atoms with Gasteiger partial charge in [0.05, 0.1) is 12.5 Å². The van der Waals surface area contributed by atoms with Crippen LogP contribution in [0.3, 0.4) is 0 Å². The molecule has 0 amide bonds. The van der Waals surface area contributed by atoms with Crippen LogP contribution in [0.4, 0.5) is 13.2 Å². The van der Waals surface area contributed by atoms with Crippen LogP contribution in [0.1, 0.15) is 55.3 Å². The lowest BCUT2D eigenvalue weighted by molar-refractivity contribution is -0.171. The number of esters is 1. The van der Waals surface area contributed by atoms with Crippen molar-refractivity contribution in [1.82, 2.24) is 4.98 Å². The summed E-state index contributed by atoms with van der Waals surface area (Å²) in [5.74, 6) is -4.19. The molecule has 0 radical (unpaired) electrons. The van der Waals surface area contributed by atoms with Gasteiger partial charge >= 0.3 is 12.1 Å². The average molecular weight is 403 g/mol. The number of rotatable bonds is 6. The predicted molar refractivity (Wildman–Crippen MR) is 107 cm³/mol. The molecule has 0 spiro atoms. The number of H-pyrrole nitrogens is 1. The lowest BCUT2D eigenvalue weighted by Gasteiger charge is -2.27. The van der Waals surface area contributed by atoms with E-state index in [9.17, 15) is 18.0 Å². The lowest BCUT2D eigenvalue weighted by atomic mass is 9.82. The second-order valence-corrected chi connectivity index (χ2v) is 7.38. The summed E-state index contributed by atoms with van der Waals surface area (Å²) in [5.41, 5.74) is 1.82. The fraction of sp³-hybridized carbons (Fsp3) is 0.348. The van der Waals surface area contributed by atoms with Crippen LogP contribution < -0.4 is 0 Å². The van der Waals surface area contributed by atoms with Crippen LogP contribution in [0.5, 0.6) is 0 Å². The summed E-state index contributed by atoms with van der Waals surface area (Å²) in [4.78, 5) is 15.6. The fourth-order valence-corrected chi connectivity index (χ4v) is 3.59. The molecule has 1 N–H and O–H groups in total. The van der Waals surface area contributed by atoms with Crippen molar-refractivity contribution in [3.8, 4) is 0 Å². The fourth-order valence-electron chi connectivity index (χ4n) is 3.59. The van der Waals surface area contributed by atoms with E-state index in [2.05, 4.69) is 4.98 Å². The van der Waals surface area contributed by atoms with Gasteiger partial charge in [-0.05, 0) is 41.5 Å². The maximum atomic E-state index is 14.3. The number of fused-ring (bicyclic) bond motifs is 1. The Morgan fingerprint density at radius 2 is 1.66 bits per heavy atom. The highest BCUT2D eigenvalue weighted by Crippen LogP contribution is 2.46. The van der Waals surface area contributed by atoms with Crippen molar-refractivity contribution in [1.29, 1.82) is 0 Å². The molecule has 2 aromatic carbocycles. The molecule has 1 heterocycles. The number of ether oxygens (including phenoxy) is 1. The van der Waals surface area contributed by atoms with Gasteiger partial charge in [-0.1, -0.05) is 56.3 Å². The Hall–Kier alpha value is -2.76. The Bertz CT molecular complexity index is 941. The van der Waals surface area contributed by atoms with Crippen molar-refractivity contribution in [3.63, 3.8) is 0 Å². The first-order valence-corrected chi connectivity index (χ1v) is 9.63. The van der Waals surface area contributed by atoms with Gasteiger partial charge in [-0.25, -0.2) is 0 Å². The first-order chi connectivity index (χ1) is 13.7. The number of carbonyl (C=O) groups is 1. The quantitative estimate of drug-likeness (QED) is 0.492. The number of hydrogen-bond acceptors (Lipinski definition) is 2. The van der Waals surface area contributed by atoms with Gasteiger partial charge in [-0.2, -0.15) is 13.2 Å². The largest absolute Gasteiger partial charge is 0.465 e. The van der Waals surface area contributed by atoms with Crippen LogP contribution in [0.25, 0.3) is 10.9 Å². The molecule has 3 aromatic rings. The normalized spacial score (nSPS) is 14.2. The van der Waals surface area contributed by atoms with Gasteiger partial charge in [0, 0.05) is 11.2 Å². The van der Waals surface area contributed by atoms with E-state index in [0.717, 1.165) is 5.56 Å². The van der Waals surface area contributed by atoms with E-state index in [1.807, 2.05) is 13.8 Å². The Morgan fingerprint density at radius 1 is 1.03 bits per heavy atom. The number of halogens is 3. The molecular weight excluding hydrogens is 379 g/mol. The molecule has 0 aliphatic rings. The number of aromatic nitrogens is 1. The minimum atomic E-state index is -4.64. The summed E-state index contributed by atoms with van der Waals surface area (Å²) >= 11 is 0. The van der Waals surface area contributed by atoms with E-state index in [-0.39, 0.29) is 23.8 Å². The first-order valence-electron chi connectivity index (χ1n) is 9.63. The van der Waals surface area contributed by atoms with Gasteiger partial charge in [0.1, 0.15) is 5.92 Å². The second kappa shape index (κ2) is 8.31. The predicted octanol–water partition coefficient (Wildman–Crippen LogP) is 6.28. The molecule has 0 aliphatic carbocycles. The van der Waals surface area contributed by atoms with Crippen LogP contribution in [0.15, 0.2) is 54.6 Å². The van der Waals surface area contributed by atoms with Crippen LogP contribution in [0, 0.1) is 0 Å². The highest BCUT2D eigenvalue weighted by atomic mass is 19.4.